The molecule has 1 aliphatic heterocycles. The minimum absolute atomic E-state index is 0.141. The van der Waals surface area contributed by atoms with Crippen molar-refractivity contribution in [3.05, 3.63) is 24.0 Å². The van der Waals surface area contributed by atoms with E-state index in [0.717, 1.165) is 31.7 Å². The number of rotatable bonds is 4. The molecule has 1 unspecified atom stereocenters. The topological polar surface area (TPSA) is 71.2 Å². The van der Waals surface area contributed by atoms with Crippen LogP contribution in [0.5, 0.6) is 0 Å². The molecule has 1 aromatic heterocycles. The second kappa shape index (κ2) is 6.52. The van der Waals surface area contributed by atoms with Gasteiger partial charge in [-0.2, -0.15) is 0 Å². The molecule has 1 aromatic rings. The second-order valence-electron chi connectivity index (χ2n) is 5.01. The van der Waals surface area contributed by atoms with Crippen LogP contribution in [0.2, 0.25) is 0 Å². The summed E-state index contributed by atoms with van der Waals surface area (Å²) in [6.07, 6.45) is 5.21. The Labute approximate surface area is 114 Å². The van der Waals surface area contributed by atoms with Gasteiger partial charge in [0.15, 0.2) is 0 Å². The van der Waals surface area contributed by atoms with E-state index in [-0.39, 0.29) is 5.91 Å². The van der Waals surface area contributed by atoms with E-state index in [1.165, 1.54) is 12.8 Å². The van der Waals surface area contributed by atoms with Crippen LogP contribution in [0.4, 0.5) is 5.69 Å². The molecule has 0 aliphatic carbocycles. The number of hydrogen-bond donors (Lipinski definition) is 2. The number of hydrogen-bond acceptors (Lipinski definition) is 4. The van der Waals surface area contributed by atoms with E-state index < -0.39 is 0 Å². The number of anilines is 1. The van der Waals surface area contributed by atoms with Crippen molar-refractivity contribution in [2.24, 2.45) is 11.7 Å². The van der Waals surface area contributed by atoms with Crippen LogP contribution in [0.15, 0.2) is 18.3 Å². The van der Waals surface area contributed by atoms with E-state index in [1.54, 1.807) is 13.2 Å². The first-order valence-electron chi connectivity index (χ1n) is 6.87. The summed E-state index contributed by atoms with van der Waals surface area (Å²) in [7, 11) is 1.62. The van der Waals surface area contributed by atoms with E-state index in [0.29, 0.717) is 11.6 Å². The van der Waals surface area contributed by atoms with Gasteiger partial charge in [-0.3, -0.25) is 9.78 Å². The van der Waals surface area contributed by atoms with Crippen molar-refractivity contribution in [2.45, 2.75) is 19.3 Å². The lowest BCUT2D eigenvalue weighted by atomic mass is 9.94. The summed E-state index contributed by atoms with van der Waals surface area (Å²) in [6, 6.07) is 3.83. The fourth-order valence-electron chi connectivity index (χ4n) is 2.64. The van der Waals surface area contributed by atoms with Crippen molar-refractivity contribution in [1.82, 2.24) is 10.3 Å². The molecule has 0 bridgehead atoms. The number of nitrogens with one attached hydrogen (secondary N) is 1. The zero-order valence-electron chi connectivity index (χ0n) is 11.4. The highest BCUT2D eigenvalue weighted by Gasteiger charge is 2.20. The molecule has 5 nitrogen and oxygen atoms in total. The standard InChI is InChI=1S/C14H22N4O/c1-16-14(19)13-9-12(5-7-17-13)18-8-2-3-11(10-18)4-6-15/h5,7,9,11H,2-4,6,8,10,15H2,1H3,(H,16,19). The molecule has 104 valence electrons. The third kappa shape index (κ3) is 3.44. The van der Waals surface area contributed by atoms with E-state index >= 15 is 0 Å². The van der Waals surface area contributed by atoms with Gasteiger partial charge in [-0.25, -0.2) is 0 Å². The molecule has 19 heavy (non-hydrogen) atoms. The van der Waals surface area contributed by atoms with Gasteiger partial charge in [-0.15, -0.1) is 0 Å². The molecule has 0 radical (unpaired) electrons. The summed E-state index contributed by atoms with van der Waals surface area (Å²) in [4.78, 5) is 18.0. The van der Waals surface area contributed by atoms with Crippen molar-refractivity contribution in [1.29, 1.82) is 0 Å². The van der Waals surface area contributed by atoms with Gasteiger partial charge < -0.3 is 16.0 Å². The van der Waals surface area contributed by atoms with Gasteiger partial charge in [0.1, 0.15) is 5.69 Å². The van der Waals surface area contributed by atoms with E-state index in [4.69, 9.17) is 5.73 Å². The molecule has 2 heterocycles. The molecule has 0 spiro atoms. The maximum atomic E-state index is 11.6. The third-order valence-electron chi connectivity index (χ3n) is 3.66. The van der Waals surface area contributed by atoms with E-state index in [9.17, 15) is 4.79 Å². The number of piperidine rings is 1. The Morgan fingerprint density at radius 1 is 1.63 bits per heavy atom. The Morgan fingerprint density at radius 3 is 3.21 bits per heavy atom. The molecule has 5 heteroatoms. The Kier molecular flexibility index (Phi) is 4.74. The van der Waals surface area contributed by atoms with Crippen LogP contribution in [0.3, 0.4) is 0 Å². The molecule has 0 aromatic carbocycles. The van der Waals surface area contributed by atoms with Crippen molar-refractivity contribution in [2.75, 3.05) is 31.6 Å². The lowest BCUT2D eigenvalue weighted by molar-refractivity contribution is 0.0958. The summed E-state index contributed by atoms with van der Waals surface area (Å²) >= 11 is 0. The van der Waals surface area contributed by atoms with E-state index in [1.807, 2.05) is 12.1 Å². The molecule has 1 saturated heterocycles. The second-order valence-corrected chi connectivity index (χ2v) is 5.01. The maximum Gasteiger partial charge on any atom is 0.269 e. The summed E-state index contributed by atoms with van der Waals surface area (Å²) in [5.41, 5.74) is 7.20. The van der Waals surface area contributed by atoms with Gasteiger partial charge in [0, 0.05) is 32.0 Å². The number of aromatic nitrogens is 1. The predicted molar refractivity (Wildman–Crippen MR) is 76.2 cm³/mol. The summed E-state index contributed by atoms with van der Waals surface area (Å²) in [5.74, 6) is 0.521. The zero-order chi connectivity index (χ0) is 13.7. The summed E-state index contributed by atoms with van der Waals surface area (Å²) < 4.78 is 0. The molecular formula is C14H22N4O. The van der Waals surface area contributed by atoms with E-state index in [2.05, 4.69) is 15.2 Å². The molecule has 1 aliphatic rings. The highest BCUT2D eigenvalue weighted by Crippen LogP contribution is 2.24. The monoisotopic (exact) mass is 262 g/mol. The Bertz CT molecular complexity index is 433. The smallest absolute Gasteiger partial charge is 0.269 e. The number of pyridine rings is 1. The lowest BCUT2D eigenvalue weighted by Crippen LogP contribution is -2.36. The summed E-state index contributed by atoms with van der Waals surface area (Å²) in [6.45, 7) is 2.81. The zero-order valence-corrected chi connectivity index (χ0v) is 11.4. The van der Waals surface area contributed by atoms with Crippen LogP contribution in [0, 0.1) is 5.92 Å². The Balaban J connectivity index is 2.10. The summed E-state index contributed by atoms with van der Waals surface area (Å²) in [5, 5.41) is 2.60. The number of amides is 1. The average molecular weight is 262 g/mol. The van der Waals surface area contributed by atoms with Gasteiger partial charge in [0.25, 0.3) is 5.91 Å². The molecule has 1 fully saturated rings. The Morgan fingerprint density at radius 2 is 2.47 bits per heavy atom. The number of carbonyl (C=O) groups is 1. The molecule has 1 amide bonds. The van der Waals surface area contributed by atoms with Crippen molar-refractivity contribution in [3.8, 4) is 0 Å². The SMILES string of the molecule is CNC(=O)c1cc(N2CCCC(CCN)C2)ccn1. The van der Waals surface area contributed by atoms with Crippen molar-refractivity contribution < 1.29 is 4.79 Å². The molecule has 1 atom stereocenters. The third-order valence-corrected chi connectivity index (χ3v) is 3.66. The highest BCUT2D eigenvalue weighted by atomic mass is 16.1. The minimum Gasteiger partial charge on any atom is -0.371 e. The molecule has 0 saturated carbocycles. The van der Waals surface area contributed by atoms with Gasteiger partial charge in [0.05, 0.1) is 0 Å². The molecule has 3 N–H and O–H groups in total. The number of nitrogens with two attached hydrogens (primary N) is 1. The number of carbonyl (C=O) groups excluding carboxylic acids is 1. The van der Waals surface area contributed by atoms with Crippen LogP contribution in [-0.2, 0) is 0 Å². The normalized spacial score (nSPS) is 19.3. The van der Waals surface area contributed by atoms with Crippen LogP contribution >= 0.6 is 0 Å². The highest BCUT2D eigenvalue weighted by molar-refractivity contribution is 5.92. The van der Waals surface area contributed by atoms with Crippen molar-refractivity contribution >= 4 is 11.6 Å². The fraction of sp³-hybridized carbons (Fsp3) is 0.571. The average Bonchev–Trinajstić information content (AvgIpc) is 2.47. The van der Waals surface area contributed by atoms with Crippen LogP contribution in [0.1, 0.15) is 29.8 Å². The minimum atomic E-state index is -0.141. The number of nitrogens with zero attached hydrogens (tertiary/aromatic N) is 2. The Hall–Kier alpha value is -1.62. The van der Waals surface area contributed by atoms with Crippen molar-refractivity contribution in [3.63, 3.8) is 0 Å². The first-order valence-corrected chi connectivity index (χ1v) is 6.87. The lowest BCUT2D eigenvalue weighted by Gasteiger charge is -2.34. The predicted octanol–water partition coefficient (Wildman–Crippen LogP) is 1.01. The van der Waals surface area contributed by atoms with Gasteiger partial charge in [-0.1, -0.05) is 0 Å². The molecule has 2 rings (SSSR count). The molecular weight excluding hydrogens is 240 g/mol. The first-order chi connectivity index (χ1) is 9.24. The fourth-order valence-corrected chi connectivity index (χ4v) is 2.64. The quantitative estimate of drug-likeness (QED) is 0.849. The largest absolute Gasteiger partial charge is 0.371 e. The first kappa shape index (κ1) is 13.8. The van der Waals surface area contributed by atoms with Crippen LogP contribution in [0.25, 0.3) is 0 Å². The van der Waals surface area contributed by atoms with Crippen LogP contribution in [-0.4, -0.2) is 37.6 Å². The van der Waals surface area contributed by atoms with Gasteiger partial charge in [0.2, 0.25) is 0 Å². The van der Waals surface area contributed by atoms with Gasteiger partial charge >= 0.3 is 0 Å². The van der Waals surface area contributed by atoms with Gasteiger partial charge in [-0.05, 0) is 43.9 Å². The van der Waals surface area contributed by atoms with Crippen LogP contribution < -0.4 is 16.0 Å². The maximum absolute atomic E-state index is 11.6.